The van der Waals surface area contributed by atoms with Crippen LogP contribution in [0.4, 0.5) is 11.6 Å². The summed E-state index contributed by atoms with van der Waals surface area (Å²) in [5.41, 5.74) is 4.38. The second kappa shape index (κ2) is 8.00. The van der Waals surface area contributed by atoms with Crippen LogP contribution in [0, 0.1) is 0 Å². The minimum atomic E-state index is 0.505. The Labute approximate surface area is 171 Å². The molecule has 0 aliphatic carbocycles. The number of ether oxygens (including phenoxy) is 1. The topological polar surface area (TPSA) is 43.2 Å². The molecule has 1 aliphatic heterocycles. The van der Waals surface area contributed by atoms with Crippen molar-refractivity contribution in [2.45, 2.75) is 52.0 Å². The van der Waals surface area contributed by atoms with E-state index in [0.717, 1.165) is 55.9 Å². The highest BCUT2D eigenvalue weighted by Gasteiger charge is 2.27. The number of aromatic nitrogens is 3. The first-order valence-corrected chi connectivity index (χ1v) is 10.5. The van der Waals surface area contributed by atoms with Crippen LogP contribution in [-0.4, -0.2) is 28.2 Å². The number of imidazole rings is 1. The van der Waals surface area contributed by atoms with Gasteiger partial charge in [0.2, 0.25) is 11.8 Å². The third-order valence-corrected chi connectivity index (χ3v) is 6.08. The summed E-state index contributed by atoms with van der Waals surface area (Å²) in [4.78, 5) is 11.7. The summed E-state index contributed by atoms with van der Waals surface area (Å²) in [5, 5.41) is 0.711. The van der Waals surface area contributed by atoms with E-state index in [1.807, 2.05) is 18.2 Å². The molecule has 148 valence electrons. The van der Waals surface area contributed by atoms with Crippen LogP contribution in [-0.2, 0) is 6.54 Å². The van der Waals surface area contributed by atoms with E-state index in [-0.39, 0.29) is 0 Å². The van der Waals surface area contributed by atoms with Crippen molar-refractivity contribution < 1.29 is 4.74 Å². The number of fused-ring (bicyclic) bond motifs is 3. The van der Waals surface area contributed by atoms with Gasteiger partial charge in [0, 0.05) is 19.3 Å². The summed E-state index contributed by atoms with van der Waals surface area (Å²) in [7, 11) is 1.66. The molecule has 0 amide bonds. The van der Waals surface area contributed by atoms with Crippen LogP contribution in [0.25, 0.3) is 11.0 Å². The minimum Gasteiger partial charge on any atom is -0.480 e. The minimum absolute atomic E-state index is 0.505. The average Bonchev–Trinajstić information content (AvgIpc) is 2.98. The van der Waals surface area contributed by atoms with E-state index in [1.54, 1.807) is 13.3 Å². The zero-order valence-corrected chi connectivity index (χ0v) is 17.5. The van der Waals surface area contributed by atoms with Gasteiger partial charge in [-0.05, 0) is 55.4 Å². The highest BCUT2D eigenvalue weighted by atomic mass is 35.5. The summed E-state index contributed by atoms with van der Waals surface area (Å²) in [6, 6.07) is 8.18. The zero-order valence-electron chi connectivity index (χ0n) is 16.8. The standard InChI is InChI=1S/C22H27ClN4O/c1-4-15(5-2)16-10-11-17(23)19-20(16)27-14-7-6-13-26(22(27)25-19)18-9-8-12-24-21(18)28-3/h8-12,15H,4-7,13-14H2,1-3H3. The quantitative estimate of drug-likeness (QED) is 0.534. The molecule has 5 nitrogen and oxygen atoms in total. The molecule has 0 bridgehead atoms. The Bertz CT molecular complexity index is 980. The normalized spacial score (nSPS) is 14.4. The average molecular weight is 399 g/mol. The van der Waals surface area contributed by atoms with Crippen LogP contribution in [0.15, 0.2) is 30.5 Å². The van der Waals surface area contributed by atoms with Gasteiger partial charge in [-0.25, -0.2) is 9.97 Å². The van der Waals surface area contributed by atoms with Gasteiger partial charge in [-0.3, -0.25) is 0 Å². The lowest BCUT2D eigenvalue weighted by Crippen LogP contribution is -2.21. The largest absolute Gasteiger partial charge is 0.480 e. The van der Waals surface area contributed by atoms with Crippen LogP contribution >= 0.6 is 11.6 Å². The Kier molecular flexibility index (Phi) is 5.44. The molecule has 4 rings (SSSR count). The summed E-state index contributed by atoms with van der Waals surface area (Å²) in [5.74, 6) is 2.05. The molecule has 3 heterocycles. The Hall–Kier alpha value is -2.27. The predicted octanol–water partition coefficient (Wildman–Crippen LogP) is 5.93. The lowest BCUT2D eigenvalue weighted by Gasteiger charge is -2.23. The number of methoxy groups -OCH3 is 1. The predicted molar refractivity (Wildman–Crippen MR) is 115 cm³/mol. The van der Waals surface area contributed by atoms with Gasteiger partial charge < -0.3 is 14.2 Å². The SMILES string of the molecule is CCC(CC)c1ccc(Cl)c2nc3n(c12)CCCCN3c1cccnc1OC. The third-order valence-electron chi connectivity index (χ3n) is 5.77. The van der Waals surface area contributed by atoms with Gasteiger partial charge in [0.25, 0.3) is 0 Å². The van der Waals surface area contributed by atoms with E-state index < -0.39 is 0 Å². The van der Waals surface area contributed by atoms with Crippen molar-refractivity contribution in [3.63, 3.8) is 0 Å². The number of benzene rings is 1. The molecule has 1 aromatic carbocycles. The zero-order chi connectivity index (χ0) is 19.7. The van der Waals surface area contributed by atoms with Gasteiger partial charge in [-0.1, -0.05) is 31.5 Å². The van der Waals surface area contributed by atoms with Gasteiger partial charge in [-0.2, -0.15) is 0 Å². The van der Waals surface area contributed by atoms with E-state index in [9.17, 15) is 0 Å². The maximum absolute atomic E-state index is 6.60. The molecule has 0 radical (unpaired) electrons. The number of halogens is 1. The molecule has 0 spiro atoms. The van der Waals surface area contributed by atoms with Crippen LogP contribution in [0.5, 0.6) is 5.88 Å². The fourth-order valence-electron chi connectivity index (χ4n) is 4.31. The number of hydrogen-bond donors (Lipinski definition) is 0. The van der Waals surface area contributed by atoms with E-state index in [1.165, 1.54) is 11.1 Å². The maximum atomic E-state index is 6.60. The van der Waals surface area contributed by atoms with Crippen LogP contribution in [0.2, 0.25) is 5.02 Å². The molecule has 0 atom stereocenters. The molecule has 2 aromatic heterocycles. The molecule has 28 heavy (non-hydrogen) atoms. The number of hydrogen-bond acceptors (Lipinski definition) is 4. The second-order valence-electron chi connectivity index (χ2n) is 7.30. The highest BCUT2D eigenvalue weighted by Crippen LogP contribution is 2.40. The second-order valence-corrected chi connectivity index (χ2v) is 7.71. The monoisotopic (exact) mass is 398 g/mol. The number of rotatable bonds is 5. The van der Waals surface area contributed by atoms with Crippen molar-refractivity contribution in [1.82, 2.24) is 14.5 Å². The van der Waals surface area contributed by atoms with Gasteiger partial charge in [0.15, 0.2) is 0 Å². The lowest BCUT2D eigenvalue weighted by molar-refractivity contribution is 0.398. The smallest absolute Gasteiger partial charge is 0.237 e. The first kappa shape index (κ1) is 19.1. The van der Waals surface area contributed by atoms with Crippen molar-refractivity contribution in [1.29, 1.82) is 0 Å². The summed E-state index contributed by atoms with van der Waals surface area (Å²) < 4.78 is 7.89. The van der Waals surface area contributed by atoms with E-state index in [0.29, 0.717) is 16.8 Å². The number of anilines is 2. The first-order chi connectivity index (χ1) is 13.7. The first-order valence-electron chi connectivity index (χ1n) is 10.1. The van der Waals surface area contributed by atoms with Crippen LogP contribution < -0.4 is 9.64 Å². The van der Waals surface area contributed by atoms with Crippen LogP contribution in [0.3, 0.4) is 0 Å². The van der Waals surface area contributed by atoms with Crippen molar-refractivity contribution in [2.24, 2.45) is 0 Å². The van der Waals surface area contributed by atoms with Crippen LogP contribution in [0.1, 0.15) is 51.0 Å². The fourth-order valence-corrected chi connectivity index (χ4v) is 4.50. The molecule has 3 aromatic rings. The highest BCUT2D eigenvalue weighted by molar-refractivity contribution is 6.35. The van der Waals surface area contributed by atoms with Crippen molar-refractivity contribution in [2.75, 3.05) is 18.6 Å². The van der Waals surface area contributed by atoms with Gasteiger partial charge in [0.1, 0.15) is 11.2 Å². The van der Waals surface area contributed by atoms with Crippen molar-refractivity contribution >= 4 is 34.3 Å². The molecule has 0 fully saturated rings. The third kappa shape index (κ3) is 3.12. The van der Waals surface area contributed by atoms with Gasteiger partial charge in [-0.15, -0.1) is 0 Å². The Morgan fingerprint density at radius 1 is 1.14 bits per heavy atom. The fraction of sp³-hybridized carbons (Fsp3) is 0.455. The Morgan fingerprint density at radius 2 is 1.93 bits per heavy atom. The molecule has 0 N–H and O–H groups in total. The Morgan fingerprint density at radius 3 is 2.68 bits per heavy atom. The number of pyridine rings is 1. The van der Waals surface area contributed by atoms with E-state index >= 15 is 0 Å². The number of nitrogens with zero attached hydrogens (tertiary/aromatic N) is 4. The summed E-state index contributed by atoms with van der Waals surface area (Å²) in [6.45, 7) is 6.32. The lowest BCUT2D eigenvalue weighted by atomic mass is 9.93. The van der Waals surface area contributed by atoms with Gasteiger partial charge >= 0.3 is 0 Å². The molecular weight excluding hydrogens is 372 g/mol. The maximum Gasteiger partial charge on any atom is 0.237 e. The summed E-state index contributed by atoms with van der Waals surface area (Å²) in [6.07, 6.45) is 6.16. The van der Waals surface area contributed by atoms with E-state index in [2.05, 4.69) is 34.4 Å². The molecule has 1 aliphatic rings. The molecular formula is C22H27ClN4O. The van der Waals surface area contributed by atoms with Crippen molar-refractivity contribution in [3.8, 4) is 5.88 Å². The molecule has 0 unspecified atom stereocenters. The van der Waals surface area contributed by atoms with Crippen molar-refractivity contribution in [3.05, 3.63) is 41.0 Å². The molecule has 0 saturated heterocycles. The Balaban J connectivity index is 1.97. The summed E-state index contributed by atoms with van der Waals surface area (Å²) >= 11 is 6.60. The van der Waals surface area contributed by atoms with Gasteiger partial charge in [0.05, 0.1) is 17.6 Å². The molecule has 6 heteroatoms. The number of aryl methyl sites for hydroxylation is 1. The van der Waals surface area contributed by atoms with E-state index in [4.69, 9.17) is 21.3 Å². The molecule has 0 saturated carbocycles.